The summed E-state index contributed by atoms with van der Waals surface area (Å²) in [5, 5.41) is 14.4. The summed E-state index contributed by atoms with van der Waals surface area (Å²) in [6.45, 7) is 5.49. The molecule has 20 heavy (non-hydrogen) atoms. The molecule has 0 spiro atoms. The zero-order chi connectivity index (χ0) is 15.1. The van der Waals surface area contributed by atoms with Crippen molar-refractivity contribution in [1.82, 2.24) is 15.5 Å². The van der Waals surface area contributed by atoms with Crippen molar-refractivity contribution in [3.05, 3.63) is 0 Å². The van der Waals surface area contributed by atoms with E-state index in [9.17, 15) is 9.59 Å². The minimum atomic E-state index is -0.893. The third-order valence-corrected chi connectivity index (χ3v) is 3.94. The fourth-order valence-corrected chi connectivity index (χ4v) is 2.47. The Hall–Kier alpha value is -1.30. The Morgan fingerprint density at radius 3 is 2.60 bits per heavy atom. The van der Waals surface area contributed by atoms with E-state index >= 15 is 0 Å². The minimum absolute atomic E-state index is 0.0472. The van der Waals surface area contributed by atoms with Crippen LogP contribution >= 0.6 is 0 Å². The summed E-state index contributed by atoms with van der Waals surface area (Å²) in [5.41, 5.74) is 0. The Kier molecular flexibility index (Phi) is 6.78. The minimum Gasteiger partial charge on any atom is -0.481 e. The molecule has 2 atom stereocenters. The SMILES string of the molecule is CC(C)C(CC(=O)O)NC(=O)NCC1CCCCN1C. The van der Waals surface area contributed by atoms with Crippen molar-refractivity contribution in [2.75, 3.05) is 20.1 Å². The number of carbonyl (C=O) groups excluding carboxylic acids is 1. The first-order valence-electron chi connectivity index (χ1n) is 7.36. The van der Waals surface area contributed by atoms with Gasteiger partial charge in [-0.25, -0.2) is 4.79 Å². The van der Waals surface area contributed by atoms with Gasteiger partial charge in [0.25, 0.3) is 0 Å². The van der Waals surface area contributed by atoms with Crippen molar-refractivity contribution < 1.29 is 14.7 Å². The summed E-state index contributed by atoms with van der Waals surface area (Å²) < 4.78 is 0. The third kappa shape index (κ3) is 5.77. The van der Waals surface area contributed by atoms with Crippen molar-refractivity contribution in [2.24, 2.45) is 5.92 Å². The molecule has 0 radical (unpaired) electrons. The number of carboxylic acid groups (broad SMARTS) is 1. The van der Waals surface area contributed by atoms with Crippen LogP contribution in [0.5, 0.6) is 0 Å². The Morgan fingerprint density at radius 1 is 1.35 bits per heavy atom. The highest BCUT2D eigenvalue weighted by Crippen LogP contribution is 2.14. The molecule has 2 unspecified atom stereocenters. The maximum Gasteiger partial charge on any atom is 0.315 e. The predicted molar refractivity (Wildman–Crippen MR) is 77.7 cm³/mol. The fourth-order valence-electron chi connectivity index (χ4n) is 2.47. The van der Waals surface area contributed by atoms with Crippen molar-refractivity contribution in [1.29, 1.82) is 0 Å². The molecule has 0 aromatic heterocycles. The van der Waals surface area contributed by atoms with Gasteiger partial charge in [0.15, 0.2) is 0 Å². The average Bonchev–Trinajstić information content (AvgIpc) is 2.36. The molecule has 2 amide bonds. The molecule has 0 bridgehead atoms. The van der Waals surface area contributed by atoms with Crippen LogP contribution in [0.3, 0.4) is 0 Å². The summed E-state index contributed by atoms with van der Waals surface area (Å²) in [5.74, 6) is -0.801. The van der Waals surface area contributed by atoms with Gasteiger partial charge >= 0.3 is 12.0 Å². The van der Waals surface area contributed by atoms with E-state index < -0.39 is 5.97 Å². The summed E-state index contributed by atoms with van der Waals surface area (Å²) in [4.78, 5) is 24.9. The highest BCUT2D eigenvalue weighted by molar-refractivity contribution is 5.75. The number of hydrogen-bond acceptors (Lipinski definition) is 3. The van der Waals surface area contributed by atoms with Crippen LogP contribution in [0.2, 0.25) is 0 Å². The van der Waals surface area contributed by atoms with Gasteiger partial charge in [-0.2, -0.15) is 0 Å². The highest BCUT2D eigenvalue weighted by Gasteiger charge is 2.22. The number of carbonyl (C=O) groups is 2. The highest BCUT2D eigenvalue weighted by atomic mass is 16.4. The number of urea groups is 1. The summed E-state index contributed by atoms with van der Waals surface area (Å²) in [7, 11) is 2.07. The Bertz CT molecular complexity index is 334. The second-order valence-corrected chi connectivity index (χ2v) is 5.93. The van der Waals surface area contributed by atoms with Crippen LogP contribution < -0.4 is 10.6 Å². The molecule has 0 saturated carbocycles. The van der Waals surface area contributed by atoms with E-state index in [0.717, 1.165) is 13.0 Å². The zero-order valence-corrected chi connectivity index (χ0v) is 12.7. The molecule has 6 heteroatoms. The first-order chi connectivity index (χ1) is 9.40. The van der Waals surface area contributed by atoms with Gasteiger partial charge in [-0.3, -0.25) is 4.79 Å². The van der Waals surface area contributed by atoms with Crippen molar-refractivity contribution in [3.63, 3.8) is 0 Å². The van der Waals surface area contributed by atoms with Gasteiger partial charge < -0.3 is 20.6 Å². The standard InChI is InChI=1S/C14H27N3O3/c1-10(2)12(8-13(18)19)16-14(20)15-9-11-6-4-5-7-17(11)3/h10-12H,4-9H2,1-3H3,(H,18,19)(H2,15,16,20). The number of likely N-dealkylation sites (tertiary alicyclic amines) is 1. The zero-order valence-electron chi connectivity index (χ0n) is 12.7. The van der Waals surface area contributed by atoms with E-state index in [1.165, 1.54) is 12.8 Å². The number of rotatable bonds is 6. The van der Waals surface area contributed by atoms with Crippen LogP contribution in [-0.4, -0.2) is 54.2 Å². The average molecular weight is 285 g/mol. The van der Waals surface area contributed by atoms with E-state index in [4.69, 9.17) is 5.11 Å². The van der Waals surface area contributed by atoms with Crippen LogP contribution in [0.4, 0.5) is 4.79 Å². The number of nitrogens with zero attached hydrogens (tertiary/aromatic N) is 1. The molecule has 0 aromatic carbocycles. The van der Waals surface area contributed by atoms with Gasteiger partial charge in [0.1, 0.15) is 0 Å². The molecular weight excluding hydrogens is 258 g/mol. The van der Waals surface area contributed by atoms with Crippen LogP contribution in [0.25, 0.3) is 0 Å². The quantitative estimate of drug-likeness (QED) is 0.686. The largest absolute Gasteiger partial charge is 0.481 e. The molecule has 0 aliphatic carbocycles. The lowest BCUT2D eigenvalue weighted by Gasteiger charge is -2.32. The topological polar surface area (TPSA) is 81.7 Å². The monoisotopic (exact) mass is 285 g/mol. The van der Waals surface area contributed by atoms with E-state index in [1.807, 2.05) is 13.8 Å². The normalized spacial score (nSPS) is 21.5. The van der Waals surface area contributed by atoms with Crippen LogP contribution in [-0.2, 0) is 4.79 Å². The molecule has 0 aromatic rings. The second kappa shape index (κ2) is 8.09. The molecule has 116 valence electrons. The molecule has 6 nitrogen and oxygen atoms in total. The summed E-state index contributed by atoms with van der Waals surface area (Å²) >= 11 is 0. The fraction of sp³-hybridized carbons (Fsp3) is 0.857. The van der Waals surface area contributed by atoms with E-state index in [2.05, 4.69) is 22.6 Å². The first kappa shape index (κ1) is 16.8. The summed E-state index contributed by atoms with van der Waals surface area (Å²) in [6, 6.07) is -0.230. The van der Waals surface area contributed by atoms with Crippen LogP contribution in [0.1, 0.15) is 39.5 Å². The van der Waals surface area contributed by atoms with Gasteiger partial charge in [-0.05, 0) is 32.4 Å². The maximum absolute atomic E-state index is 11.9. The number of carboxylic acids is 1. The Morgan fingerprint density at radius 2 is 2.05 bits per heavy atom. The number of hydrogen-bond donors (Lipinski definition) is 3. The Balaban J connectivity index is 2.35. The maximum atomic E-state index is 11.9. The lowest BCUT2D eigenvalue weighted by atomic mass is 10.0. The molecule has 1 rings (SSSR count). The van der Waals surface area contributed by atoms with Crippen LogP contribution in [0.15, 0.2) is 0 Å². The first-order valence-corrected chi connectivity index (χ1v) is 7.36. The van der Waals surface area contributed by atoms with E-state index in [-0.39, 0.29) is 24.4 Å². The molecule has 1 fully saturated rings. The predicted octanol–water partition coefficient (Wildman–Crippen LogP) is 1.27. The molecular formula is C14H27N3O3. The second-order valence-electron chi connectivity index (χ2n) is 5.93. The number of piperidine rings is 1. The number of nitrogens with one attached hydrogen (secondary N) is 2. The smallest absolute Gasteiger partial charge is 0.315 e. The molecule has 3 N–H and O–H groups in total. The lowest BCUT2D eigenvalue weighted by Crippen LogP contribution is -2.50. The van der Waals surface area contributed by atoms with E-state index in [1.54, 1.807) is 0 Å². The van der Waals surface area contributed by atoms with Gasteiger partial charge in [-0.15, -0.1) is 0 Å². The van der Waals surface area contributed by atoms with Gasteiger partial charge in [-0.1, -0.05) is 20.3 Å². The number of likely N-dealkylation sites (N-methyl/N-ethyl adjacent to an activating group) is 1. The Labute approximate surface area is 120 Å². The van der Waals surface area contributed by atoms with Crippen molar-refractivity contribution in [3.8, 4) is 0 Å². The lowest BCUT2D eigenvalue weighted by molar-refractivity contribution is -0.137. The molecule has 1 aliphatic heterocycles. The number of aliphatic carboxylic acids is 1. The van der Waals surface area contributed by atoms with Gasteiger partial charge in [0.2, 0.25) is 0 Å². The van der Waals surface area contributed by atoms with Gasteiger partial charge in [0, 0.05) is 18.6 Å². The number of amides is 2. The van der Waals surface area contributed by atoms with Crippen LogP contribution in [0, 0.1) is 5.92 Å². The molecule has 1 heterocycles. The molecule has 1 aliphatic rings. The van der Waals surface area contributed by atoms with E-state index in [0.29, 0.717) is 12.6 Å². The summed E-state index contributed by atoms with van der Waals surface area (Å²) in [6.07, 6.45) is 3.47. The van der Waals surface area contributed by atoms with Gasteiger partial charge in [0.05, 0.1) is 6.42 Å². The van der Waals surface area contributed by atoms with Crippen molar-refractivity contribution in [2.45, 2.75) is 51.6 Å². The third-order valence-electron chi connectivity index (χ3n) is 3.94. The molecule has 1 saturated heterocycles. The van der Waals surface area contributed by atoms with Crippen molar-refractivity contribution >= 4 is 12.0 Å².